The third kappa shape index (κ3) is 4.83. The molecule has 100 valence electrons. The van der Waals surface area contributed by atoms with Gasteiger partial charge in [0, 0.05) is 20.5 Å². The van der Waals surface area contributed by atoms with E-state index in [1.165, 1.54) is 7.11 Å². The van der Waals surface area contributed by atoms with E-state index in [2.05, 4.69) is 14.8 Å². The summed E-state index contributed by atoms with van der Waals surface area (Å²) in [5.74, 6) is -0.530. The first kappa shape index (κ1) is 15.4. The van der Waals surface area contributed by atoms with Gasteiger partial charge in [-0.2, -0.15) is 0 Å². The van der Waals surface area contributed by atoms with E-state index >= 15 is 0 Å². The summed E-state index contributed by atoms with van der Waals surface area (Å²) >= 11 is 11.8. The van der Waals surface area contributed by atoms with Crippen LogP contribution in [0.3, 0.4) is 0 Å². The van der Waals surface area contributed by atoms with Gasteiger partial charge >= 0.3 is 5.97 Å². The Morgan fingerprint density at radius 2 is 2.26 bits per heavy atom. The lowest BCUT2D eigenvalue weighted by Gasteiger charge is -2.04. The van der Waals surface area contributed by atoms with Gasteiger partial charge in [-0.3, -0.25) is 0 Å². The molecule has 0 saturated heterocycles. The van der Waals surface area contributed by atoms with Crippen LogP contribution in [-0.4, -0.2) is 19.6 Å². The van der Waals surface area contributed by atoms with Gasteiger partial charge in [0.15, 0.2) is 0 Å². The highest BCUT2D eigenvalue weighted by Crippen LogP contribution is 2.22. The molecule has 1 aromatic carbocycles. The van der Waals surface area contributed by atoms with Gasteiger partial charge in [0.25, 0.3) is 0 Å². The highest BCUT2D eigenvalue weighted by Gasteiger charge is 2.08. The van der Waals surface area contributed by atoms with Crippen molar-refractivity contribution in [1.82, 2.24) is 0 Å². The van der Waals surface area contributed by atoms with Crippen LogP contribution < -0.4 is 0 Å². The van der Waals surface area contributed by atoms with Crippen LogP contribution in [0.2, 0.25) is 10.0 Å². The maximum Gasteiger partial charge on any atom is 0.333 e. The molecule has 0 heterocycles. The number of hydrogen-bond donors (Lipinski definition) is 0. The monoisotopic (exact) mass is 299 g/mol. The fourth-order valence-corrected chi connectivity index (χ4v) is 1.86. The van der Waals surface area contributed by atoms with Crippen LogP contribution in [0.1, 0.15) is 5.56 Å². The van der Waals surface area contributed by atoms with E-state index in [0.717, 1.165) is 5.56 Å². The number of hydrogen-bond acceptors (Lipinski definition) is 3. The Hall–Kier alpha value is -1.68. The minimum Gasteiger partial charge on any atom is -0.466 e. The number of carbonyl (C=O) groups excluding carboxylic acids is 1. The van der Waals surface area contributed by atoms with Crippen molar-refractivity contribution >= 4 is 29.2 Å². The normalized spacial score (nSPS) is 10.8. The van der Waals surface area contributed by atoms with Gasteiger partial charge in [-0.15, -0.1) is 0 Å². The molecule has 0 spiro atoms. The summed E-state index contributed by atoms with van der Waals surface area (Å²) in [5, 5.41) is 4.40. The fourth-order valence-electron chi connectivity index (χ4n) is 1.37. The van der Waals surface area contributed by atoms with E-state index in [1.807, 2.05) is 0 Å². The zero-order chi connectivity index (χ0) is 14.3. The van der Waals surface area contributed by atoms with Crippen molar-refractivity contribution in [3.63, 3.8) is 0 Å². The molecule has 0 aliphatic carbocycles. The van der Waals surface area contributed by atoms with Gasteiger partial charge in [-0.05, 0) is 29.6 Å². The Morgan fingerprint density at radius 1 is 1.53 bits per heavy atom. The Morgan fingerprint density at radius 3 is 2.84 bits per heavy atom. The number of esters is 1. The molecule has 7 heteroatoms. The Bertz CT molecular complexity index is 552. The quantitative estimate of drug-likeness (QED) is 0.271. The number of nitrogens with zero attached hydrogens (tertiary/aromatic N) is 3. The zero-order valence-electron chi connectivity index (χ0n) is 10.1. The van der Waals surface area contributed by atoms with Crippen molar-refractivity contribution in [1.29, 1.82) is 0 Å². The molecule has 0 saturated carbocycles. The number of azide groups is 1. The number of allylic oxidation sites excluding steroid dienone is 1. The molecule has 0 aliphatic rings. The summed E-state index contributed by atoms with van der Waals surface area (Å²) < 4.78 is 4.60. The molecule has 0 fully saturated rings. The van der Waals surface area contributed by atoms with Gasteiger partial charge in [-0.1, -0.05) is 40.5 Å². The third-order valence-corrected chi connectivity index (χ3v) is 2.92. The predicted octanol–water partition coefficient (Wildman–Crippen LogP) is 3.95. The van der Waals surface area contributed by atoms with Gasteiger partial charge in [0.1, 0.15) is 0 Å². The van der Waals surface area contributed by atoms with Crippen LogP contribution in [0.15, 0.2) is 35.0 Å². The van der Waals surface area contributed by atoms with Crippen molar-refractivity contribution in [3.8, 4) is 0 Å². The summed E-state index contributed by atoms with van der Waals surface area (Å²) in [4.78, 5) is 14.1. The molecule has 0 aromatic heterocycles. The van der Waals surface area contributed by atoms with E-state index in [-0.39, 0.29) is 12.1 Å². The SMILES string of the molecule is COC(=O)/C(=C/Cc1ccc(Cl)cc1Cl)CN=[N+]=[N-]. The molecule has 0 unspecified atom stereocenters. The minimum atomic E-state index is -0.530. The second-order valence-electron chi connectivity index (χ2n) is 3.55. The second-order valence-corrected chi connectivity index (χ2v) is 4.39. The van der Waals surface area contributed by atoms with Crippen molar-refractivity contribution < 1.29 is 9.53 Å². The lowest BCUT2D eigenvalue weighted by molar-refractivity contribution is -0.136. The lowest BCUT2D eigenvalue weighted by Crippen LogP contribution is -2.07. The van der Waals surface area contributed by atoms with Gasteiger partial charge in [0.05, 0.1) is 13.7 Å². The smallest absolute Gasteiger partial charge is 0.333 e. The number of rotatable bonds is 5. The van der Waals surface area contributed by atoms with E-state index in [1.54, 1.807) is 24.3 Å². The van der Waals surface area contributed by atoms with Crippen LogP contribution >= 0.6 is 23.2 Å². The molecule has 0 amide bonds. The van der Waals surface area contributed by atoms with Gasteiger partial charge in [0.2, 0.25) is 0 Å². The Balaban J connectivity index is 2.90. The number of methoxy groups -OCH3 is 1. The maximum atomic E-state index is 11.5. The van der Waals surface area contributed by atoms with Gasteiger partial charge in [-0.25, -0.2) is 4.79 Å². The molecule has 0 aliphatic heterocycles. The average Bonchev–Trinajstić information content (AvgIpc) is 2.40. The second kappa shape index (κ2) is 7.69. The molecular weight excluding hydrogens is 289 g/mol. The van der Waals surface area contributed by atoms with E-state index in [4.69, 9.17) is 28.7 Å². The van der Waals surface area contributed by atoms with Crippen LogP contribution in [-0.2, 0) is 16.0 Å². The molecular formula is C12H11Cl2N3O2. The lowest BCUT2D eigenvalue weighted by atomic mass is 10.1. The maximum absolute atomic E-state index is 11.5. The van der Waals surface area contributed by atoms with Crippen molar-refractivity contribution in [3.05, 3.63) is 55.9 Å². The predicted molar refractivity (Wildman–Crippen MR) is 74.3 cm³/mol. The topological polar surface area (TPSA) is 75.1 Å². The van der Waals surface area contributed by atoms with Crippen molar-refractivity contribution in [2.45, 2.75) is 6.42 Å². The van der Waals surface area contributed by atoms with Crippen LogP contribution in [0.5, 0.6) is 0 Å². The first-order chi connectivity index (χ1) is 9.08. The van der Waals surface area contributed by atoms with Crippen molar-refractivity contribution in [2.24, 2.45) is 5.11 Å². The standard InChI is InChI=1S/C12H11Cl2N3O2/c1-19-12(18)9(7-16-17-15)3-2-8-4-5-10(13)6-11(8)14/h3-6H,2,7H2,1H3/b9-3+. The zero-order valence-corrected chi connectivity index (χ0v) is 11.6. The fraction of sp³-hybridized carbons (Fsp3) is 0.250. The molecule has 0 bridgehead atoms. The molecule has 1 aromatic rings. The van der Waals surface area contributed by atoms with Crippen LogP contribution in [0, 0.1) is 0 Å². The summed E-state index contributed by atoms with van der Waals surface area (Å²) in [6, 6.07) is 5.10. The number of halogens is 2. The van der Waals surface area contributed by atoms with Crippen LogP contribution in [0.25, 0.3) is 10.4 Å². The average molecular weight is 300 g/mol. The third-order valence-electron chi connectivity index (χ3n) is 2.34. The van der Waals surface area contributed by atoms with Crippen molar-refractivity contribution in [2.75, 3.05) is 13.7 Å². The highest BCUT2D eigenvalue weighted by atomic mass is 35.5. The largest absolute Gasteiger partial charge is 0.466 e. The Kier molecular flexibility index (Phi) is 6.22. The molecule has 5 nitrogen and oxygen atoms in total. The highest BCUT2D eigenvalue weighted by molar-refractivity contribution is 6.35. The molecule has 19 heavy (non-hydrogen) atoms. The van der Waals surface area contributed by atoms with E-state index in [9.17, 15) is 4.79 Å². The van der Waals surface area contributed by atoms with Gasteiger partial charge < -0.3 is 4.74 Å². The molecule has 0 N–H and O–H groups in total. The first-order valence-corrected chi connectivity index (χ1v) is 6.06. The summed E-state index contributed by atoms with van der Waals surface area (Å²) in [6.45, 7) is -0.0611. The first-order valence-electron chi connectivity index (χ1n) is 5.30. The molecule has 0 atom stereocenters. The molecule has 1 rings (SSSR count). The number of carbonyl (C=O) groups is 1. The van der Waals surface area contributed by atoms with E-state index in [0.29, 0.717) is 16.5 Å². The number of ether oxygens (including phenoxy) is 1. The summed E-state index contributed by atoms with van der Waals surface area (Å²) in [6.07, 6.45) is 2.04. The Labute approximate surface area is 120 Å². The summed E-state index contributed by atoms with van der Waals surface area (Å²) in [7, 11) is 1.27. The number of benzene rings is 1. The summed E-state index contributed by atoms with van der Waals surface area (Å²) in [5.41, 5.74) is 9.37. The molecule has 0 radical (unpaired) electrons. The van der Waals surface area contributed by atoms with E-state index < -0.39 is 5.97 Å². The van der Waals surface area contributed by atoms with Crippen LogP contribution in [0.4, 0.5) is 0 Å². The minimum absolute atomic E-state index is 0.0611.